The first-order valence-electron chi connectivity index (χ1n) is 7.21. The van der Waals surface area contributed by atoms with E-state index < -0.39 is 0 Å². The van der Waals surface area contributed by atoms with E-state index in [2.05, 4.69) is 71.1 Å². The molecule has 0 aliphatic carbocycles. The Balaban J connectivity index is 2.73. The summed E-state index contributed by atoms with van der Waals surface area (Å²) in [7, 11) is 0. The van der Waals surface area contributed by atoms with E-state index in [0.717, 1.165) is 13.2 Å². The maximum absolute atomic E-state index is 6.08. The molecule has 1 aromatic carbocycles. The van der Waals surface area contributed by atoms with Crippen LogP contribution in [0.2, 0.25) is 0 Å². The highest BCUT2D eigenvalue weighted by atomic mass is 16.5. The van der Waals surface area contributed by atoms with Crippen LogP contribution >= 0.6 is 0 Å². The first-order chi connectivity index (χ1) is 8.78. The molecule has 1 unspecified atom stereocenters. The summed E-state index contributed by atoms with van der Waals surface area (Å²) in [6.07, 6.45) is 0.126. The van der Waals surface area contributed by atoms with E-state index in [-0.39, 0.29) is 11.6 Å². The number of hydrogen-bond donors (Lipinski definition) is 1. The van der Waals surface area contributed by atoms with Gasteiger partial charge in [-0.2, -0.15) is 0 Å². The van der Waals surface area contributed by atoms with E-state index in [9.17, 15) is 0 Å². The minimum Gasteiger partial charge on any atom is -0.372 e. The number of rotatable bonds is 6. The van der Waals surface area contributed by atoms with Gasteiger partial charge in [-0.05, 0) is 39.2 Å². The van der Waals surface area contributed by atoms with Gasteiger partial charge in [0.2, 0.25) is 0 Å². The van der Waals surface area contributed by atoms with E-state index in [0.29, 0.717) is 5.92 Å². The van der Waals surface area contributed by atoms with Crippen molar-refractivity contribution in [2.75, 3.05) is 13.2 Å². The van der Waals surface area contributed by atoms with E-state index in [1.165, 1.54) is 11.1 Å². The van der Waals surface area contributed by atoms with E-state index in [4.69, 9.17) is 4.74 Å². The summed E-state index contributed by atoms with van der Waals surface area (Å²) >= 11 is 0. The van der Waals surface area contributed by atoms with Gasteiger partial charge in [0.15, 0.2) is 0 Å². The first kappa shape index (κ1) is 16.2. The van der Waals surface area contributed by atoms with Crippen molar-refractivity contribution in [3.8, 4) is 0 Å². The third-order valence-corrected chi connectivity index (χ3v) is 2.86. The fraction of sp³-hybridized carbons (Fsp3) is 0.647. The summed E-state index contributed by atoms with van der Waals surface area (Å²) in [5, 5.41) is 3.54. The quantitative estimate of drug-likeness (QED) is 0.834. The monoisotopic (exact) mass is 263 g/mol. The van der Waals surface area contributed by atoms with Gasteiger partial charge in [0.05, 0.1) is 6.10 Å². The molecule has 0 spiro atoms. The van der Waals surface area contributed by atoms with Crippen LogP contribution in [-0.4, -0.2) is 18.7 Å². The Morgan fingerprint density at radius 1 is 1.21 bits per heavy atom. The van der Waals surface area contributed by atoms with Crippen molar-refractivity contribution in [1.82, 2.24) is 5.32 Å². The van der Waals surface area contributed by atoms with Gasteiger partial charge >= 0.3 is 0 Å². The number of aryl methyl sites for hydroxylation is 1. The summed E-state index contributed by atoms with van der Waals surface area (Å²) in [4.78, 5) is 0. The van der Waals surface area contributed by atoms with Crippen LogP contribution in [0.15, 0.2) is 24.3 Å². The van der Waals surface area contributed by atoms with Gasteiger partial charge in [0, 0.05) is 18.7 Å². The lowest BCUT2D eigenvalue weighted by molar-refractivity contribution is 0.0315. The fourth-order valence-electron chi connectivity index (χ4n) is 1.85. The topological polar surface area (TPSA) is 21.3 Å². The molecule has 1 atom stereocenters. The van der Waals surface area contributed by atoms with Crippen molar-refractivity contribution in [2.24, 2.45) is 5.92 Å². The third-order valence-electron chi connectivity index (χ3n) is 2.86. The average molecular weight is 263 g/mol. The number of ether oxygens (including phenoxy) is 1. The molecule has 0 bridgehead atoms. The summed E-state index contributed by atoms with van der Waals surface area (Å²) in [5.41, 5.74) is 2.66. The molecule has 0 amide bonds. The van der Waals surface area contributed by atoms with Crippen LogP contribution in [0.25, 0.3) is 0 Å². The molecule has 0 saturated heterocycles. The lowest BCUT2D eigenvalue weighted by Crippen LogP contribution is -2.39. The van der Waals surface area contributed by atoms with Gasteiger partial charge < -0.3 is 10.1 Å². The molecule has 0 fully saturated rings. The lowest BCUT2D eigenvalue weighted by Gasteiger charge is -2.26. The minimum absolute atomic E-state index is 0.114. The van der Waals surface area contributed by atoms with E-state index in [1.54, 1.807) is 0 Å². The van der Waals surface area contributed by atoms with Crippen molar-refractivity contribution in [2.45, 2.75) is 53.2 Å². The summed E-state index contributed by atoms with van der Waals surface area (Å²) in [6, 6.07) is 8.60. The molecule has 0 saturated carbocycles. The van der Waals surface area contributed by atoms with Crippen LogP contribution < -0.4 is 5.32 Å². The van der Waals surface area contributed by atoms with E-state index in [1.807, 2.05) is 0 Å². The molecule has 0 aromatic heterocycles. The highest BCUT2D eigenvalue weighted by molar-refractivity contribution is 5.24. The number of nitrogens with one attached hydrogen (secondary N) is 1. The molecule has 1 aromatic rings. The Morgan fingerprint density at radius 3 is 2.42 bits per heavy atom. The Kier molecular flexibility index (Phi) is 6.02. The largest absolute Gasteiger partial charge is 0.372 e. The second-order valence-corrected chi connectivity index (χ2v) is 6.76. The molecule has 0 heterocycles. The number of benzene rings is 1. The van der Waals surface area contributed by atoms with Crippen LogP contribution in [0.4, 0.5) is 0 Å². The summed E-state index contributed by atoms with van der Waals surface area (Å²) < 4.78 is 6.08. The van der Waals surface area contributed by atoms with Crippen molar-refractivity contribution in [1.29, 1.82) is 0 Å². The van der Waals surface area contributed by atoms with Crippen LogP contribution in [0.3, 0.4) is 0 Å². The zero-order valence-corrected chi connectivity index (χ0v) is 13.3. The normalized spacial score (nSPS) is 13.8. The Bertz CT molecular complexity index is 379. The second-order valence-electron chi connectivity index (χ2n) is 6.76. The van der Waals surface area contributed by atoms with Crippen molar-refractivity contribution in [3.05, 3.63) is 35.4 Å². The highest BCUT2D eigenvalue weighted by Crippen LogP contribution is 2.20. The van der Waals surface area contributed by atoms with Crippen LogP contribution in [0.1, 0.15) is 51.8 Å². The average Bonchev–Trinajstić information content (AvgIpc) is 2.27. The van der Waals surface area contributed by atoms with E-state index >= 15 is 0 Å². The molecule has 1 N–H and O–H groups in total. The molecule has 2 heteroatoms. The minimum atomic E-state index is 0.114. The van der Waals surface area contributed by atoms with Crippen LogP contribution in [0.5, 0.6) is 0 Å². The Morgan fingerprint density at radius 2 is 1.89 bits per heavy atom. The maximum atomic E-state index is 6.08. The Hall–Kier alpha value is -0.860. The molecule has 1 rings (SSSR count). The molecular formula is C17H29NO. The molecule has 0 aliphatic heterocycles. The van der Waals surface area contributed by atoms with Gasteiger partial charge in [-0.25, -0.2) is 0 Å². The van der Waals surface area contributed by atoms with Crippen LogP contribution in [-0.2, 0) is 4.74 Å². The van der Waals surface area contributed by atoms with Gasteiger partial charge in [0.25, 0.3) is 0 Å². The zero-order chi connectivity index (χ0) is 14.5. The number of hydrogen-bond acceptors (Lipinski definition) is 2. The standard InChI is InChI=1S/C17H29NO/c1-13(2)12-19-16(11-18-17(4,5)6)15-9-7-8-14(3)10-15/h7-10,13,16,18H,11-12H2,1-6H3. The van der Waals surface area contributed by atoms with Gasteiger partial charge in [0.1, 0.15) is 0 Å². The lowest BCUT2D eigenvalue weighted by atomic mass is 10.0. The first-order valence-corrected chi connectivity index (χ1v) is 7.21. The molecular weight excluding hydrogens is 234 g/mol. The van der Waals surface area contributed by atoms with Crippen molar-refractivity contribution < 1.29 is 4.74 Å². The predicted octanol–water partition coefficient (Wildman–Crippen LogP) is 4.10. The molecule has 0 aliphatic rings. The second kappa shape index (κ2) is 7.06. The SMILES string of the molecule is Cc1cccc(C(CNC(C)(C)C)OCC(C)C)c1. The van der Waals surface area contributed by atoms with Crippen LogP contribution in [0, 0.1) is 12.8 Å². The van der Waals surface area contributed by atoms with Gasteiger partial charge in [-0.3, -0.25) is 0 Å². The van der Waals surface area contributed by atoms with Gasteiger partial charge in [-0.15, -0.1) is 0 Å². The van der Waals surface area contributed by atoms with Crippen molar-refractivity contribution >= 4 is 0 Å². The molecule has 2 nitrogen and oxygen atoms in total. The van der Waals surface area contributed by atoms with Crippen molar-refractivity contribution in [3.63, 3.8) is 0 Å². The predicted molar refractivity (Wildman–Crippen MR) is 82.5 cm³/mol. The summed E-state index contributed by atoms with van der Waals surface area (Å²) in [5.74, 6) is 0.557. The molecule has 19 heavy (non-hydrogen) atoms. The maximum Gasteiger partial charge on any atom is 0.0949 e. The smallest absolute Gasteiger partial charge is 0.0949 e. The third kappa shape index (κ3) is 6.74. The highest BCUT2D eigenvalue weighted by Gasteiger charge is 2.17. The summed E-state index contributed by atoms with van der Waals surface area (Å²) in [6.45, 7) is 14.7. The molecule has 108 valence electrons. The fourth-order valence-corrected chi connectivity index (χ4v) is 1.85. The Labute approximate surface area is 118 Å². The molecule has 0 radical (unpaired) electrons. The van der Waals surface area contributed by atoms with Gasteiger partial charge in [-0.1, -0.05) is 43.7 Å². The zero-order valence-electron chi connectivity index (χ0n) is 13.3.